The predicted octanol–water partition coefficient (Wildman–Crippen LogP) is 2.28. The van der Waals surface area contributed by atoms with Crippen LogP contribution in [-0.4, -0.2) is 17.3 Å². The zero-order valence-corrected chi connectivity index (χ0v) is 9.70. The van der Waals surface area contributed by atoms with Crippen LogP contribution in [0.1, 0.15) is 31.4 Å². The zero-order chi connectivity index (χ0) is 9.97. The third kappa shape index (κ3) is 3.20. The van der Waals surface area contributed by atoms with E-state index in [1.165, 1.54) is 5.56 Å². The maximum absolute atomic E-state index is 9.67. The Kier molecular flexibility index (Phi) is 4.58. The van der Waals surface area contributed by atoms with Crippen molar-refractivity contribution in [2.24, 2.45) is 0 Å². The molecule has 1 fully saturated rings. The van der Waals surface area contributed by atoms with Gasteiger partial charge in [-0.05, 0) is 25.3 Å². The van der Waals surface area contributed by atoms with Crippen molar-refractivity contribution < 1.29 is 5.11 Å². The van der Waals surface area contributed by atoms with Crippen molar-refractivity contribution >= 4 is 12.4 Å². The molecular weight excluding hydrogens is 210 g/mol. The van der Waals surface area contributed by atoms with Crippen molar-refractivity contribution in [3.8, 4) is 0 Å². The minimum Gasteiger partial charge on any atom is -0.393 e. The number of rotatable bonds is 1. The molecule has 0 amide bonds. The summed E-state index contributed by atoms with van der Waals surface area (Å²) in [5.41, 5.74) is 1.28. The highest BCUT2D eigenvalue weighted by atomic mass is 35.5. The van der Waals surface area contributed by atoms with E-state index in [0.29, 0.717) is 12.1 Å². The van der Waals surface area contributed by atoms with Crippen molar-refractivity contribution in [1.82, 2.24) is 5.32 Å². The Morgan fingerprint density at radius 1 is 1.20 bits per heavy atom. The maximum atomic E-state index is 9.67. The number of hydrogen-bond donors (Lipinski definition) is 2. The van der Waals surface area contributed by atoms with Gasteiger partial charge in [-0.25, -0.2) is 0 Å². The van der Waals surface area contributed by atoms with E-state index < -0.39 is 0 Å². The van der Waals surface area contributed by atoms with E-state index in [4.69, 9.17) is 0 Å². The number of aliphatic hydroxyl groups excluding tert-OH is 1. The fourth-order valence-corrected chi connectivity index (χ4v) is 2.17. The Morgan fingerprint density at radius 3 is 2.47 bits per heavy atom. The molecule has 0 bridgehead atoms. The summed E-state index contributed by atoms with van der Waals surface area (Å²) in [4.78, 5) is 0. The van der Waals surface area contributed by atoms with Gasteiger partial charge >= 0.3 is 0 Å². The van der Waals surface area contributed by atoms with Crippen LogP contribution in [0.2, 0.25) is 0 Å². The van der Waals surface area contributed by atoms with Crippen LogP contribution in [0.4, 0.5) is 0 Å². The summed E-state index contributed by atoms with van der Waals surface area (Å²) in [6.07, 6.45) is 1.54. The SMILES string of the molecule is CC1CC(O)CC(c2ccccc2)N1.Cl. The van der Waals surface area contributed by atoms with Gasteiger partial charge in [0, 0.05) is 12.1 Å². The summed E-state index contributed by atoms with van der Waals surface area (Å²) in [6.45, 7) is 2.12. The number of piperidine rings is 1. The largest absolute Gasteiger partial charge is 0.393 e. The number of halogens is 1. The van der Waals surface area contributed by atoms with Gasteiger partial charge < -0.3 is 10.4 Å². The molecule has 1 aliphatic rings. The molecule has 15 heavy (non-hydrogen) atoms. The molecule has 1 saturated heterocycles. The van der Waals surface area contributed by atoms with Crippen LogP contribution < -0.4 is 5.32 Å². The van der Waals surface area contributed by atoms with E-state index in [2.05, 4.69) is 24.4 Å². The Balaban J connectivity index is 0.00000112. The molecule has 2 N–H and O–H groups in total. The second-order valence-electron chi connectivity index (χ2n) is 4.16. The first-order valence-electron chi connectivity index (χ1n) is 5.25. The van der Waals surface area contributed by atoms with E-state index in [9.17, 15) is 5.11 Å². The first kappa shape index (κ1) is 12.5. The number of hydrogen-bond acceptors (Lipinski definition) is 2. The molecule has 2 rings (SSSR count). The molecule has 84 valence electrons. The zero-order valence-electron chi connectivity index (χ0n) is 8.89. The lowest BCUT2D eigenvalue weighted by atomic mass is 9.92. The predicted molar refractivity (Wildman–Crippen MR) is 64.3 cm³/mol. The first-order valence-corrected chi connectivity index (χ1v) is 5.25. The van der Waals surface area contributed by atoms with Crippen molar-refractivity contribution in [3.05, 3.63) is 35.9 Å². The van der Waals surface area contributed by atoms with Crippen molar-refractivity contribution in [1.29, 1.82) is 0 Å². The quantitative estimate of drug-likeness (QED) is 0.772. The molecule has 0 aliphatic carbocycles. The molecule has 0 radical (unpaired) electrons. The average Bonchev–Trinajstić information content (AvgIpc) is 2.18. The molecule has 1 heterocycles. The van der Waals surface area contributed by atoms with Gasteiger partial charge in [-0.3, -0.25) is 0 Å². The van der Waals surface area contributed by atoms with Gasteiger partial charge in [0.25, 0.3) is 0 Å². The van der Waals surface area contributed by atoms with Gasteiger partial charge in [-0.15, -0.1) is 12.4 Å². The van der Waals surface area contributed by atoms with Crippen molar-refractivity contribution in [3.63, 3.8) is 0 Å². The van der Waals surface area contributed by atoms with E-state index in [0.717, 1.165) is 12.8 Å². The van der Waals surface area contributed by atoms with Crippen LogP contribution in [0.25, 0.3) is 0 Å². The van der Waals surface area contributed by atoms with Gasteiger partial charge in [-0.1, -0.05) is 30.3 Å². The summed E-state index contributed by atoms with van der Waals surface area (Å²) in [5, 5.41) is 13.2. The summed E-state index contributed by atoms with van der Waals surface area (Å²) >= 11 is 0. The molecule has 0 saturated carbocycles. The highest BCUT2D eigenvalue weighted by molar-refractivity contribution is 5.85. The van der Waals surface area contributed by atoms with Crippen LogP contribution in [0, 0.1) is 0 Å². The lowest BCUT2D eigenvalue weighted by molar-refractivity contribution is 0.0975. The Labute approximate surface area is 97.1 Å². The summed E-state index contributed by atoms with van der Waals surface area (Å²) in [5.74, 6) is 0. The molecule has 3 unspecified atom stereocenters. The minimum absolute atomic E-state index is 0. The monoisotopic (exact) mass is 227 g/mol. The highest BCUT2D eigenvalue weighted by Crippen LogP contribution is 2.25. The van der Waals surface area contributed by atoms with Crippen LogP contribution in [0.5, 0.6) is 0 Å². The van der Waals surface area contributed by atoms with Gasteiger partial charge in [0.1, 0.15) is 0 Å². The van der Waals surface area contributed by atoms with E-state index in [-0.39, 0.29) is 18.5 Å². The lowest BCUT2D eigenvalue weighted by Gasteiger charge is -2.32. The maximum Gasteiger partial charge on any atom is 0.0573 e. The summed E-state index contributed by atoms with van der Waals surface area (Å²) < 4.78 is 0. The number of nitrogens with one attached hydrogen (secondary N) is 1. The van der Waals surface area contributed by atoms with Crippen LogP contribution >= 0.6 is 12.4 Å². The topological polar surface area (TPSA) is 32.3 Å². The molecule has 3 atom stereocenters. The molecule has 0 spiro atoms. The fourth-order valence-electron chi connectivity index (χ4n) is 2.17. The minimum atomic E-state index is -0.156. The van der Waals surface area contributed by atoms with E-state index in [1.54, 1.807) is 0 Å². The lowest BCUT2D eigenvalue weighted by Crippen LogP contribution is -2.40. The molecular formula is C12H18ClNO. The Hall–Kier alpha value is -0.570. The average molecular weight is 228 g/mol. The second kappa shape index (κ2) is 5.50. The molecule has 2 nitrogen and oxygen atoms in total. The Morgan fingerprint density at radius 2 is 1.87 bits per heavy atom. The third-order valence-electron chi connectivity index (χ3n) is 2.82. The van der Waals surface area contributed by atoms with E-state index >= 15 is 0 Å². The smallest absolute Gasteiger partial charge is 0.0573 e. The van der Waals surface area contributed by atoms with E-state index in [1.807, 2.05) is 18.2 Å². The van der Waals surface area contributed by atoms with Gasteiger partial charge in [0.15, 0.2) is 0 Å². The fraction of sp³-hybridized carbons (Fsp3) is 0.500. The molecule has 1 aliphatic heterocycles. The number of aliphatic hydroxyl groups is 1. The molecule has 3 heteroatoms. The Bertz CT molecular complexity index is 281. The molecule has 1 aromatic carbocycles. The van der Waals surface area contributed by atoms with Crippen LogP contribution in [0.3, 0.4) is 0 Å². The summed E-state index contributed by atoms with van der Waals surface area (Å²) in [6, 6.07) is 11.1. The molecule has 0 aromatic heterocycles. The van der Waals surface area contributed by atoms with Crippen LogP contribution in [-0.2, 0) is 0 Å². The number of benzene rings is 1. The normalized spacial score (nSPS) is 30.7. The summed E-state index contributed by atoms with van der Waals surface area (Å²) in [7, 11) is 0. The van der Waals surface area contributed by atoms with Gasteiger partial charge in [0.05, 0.1) is 6.10 Å². The first-order chi connectivity index (χ1) is 6.75. The van der Waals surface area contributed by atoms with Gasteiger partial charge in [-0.2, -0.15) is 0 Å². The standard InChI is InChI=1S/C12H17NO.ClH/c1-9-7-11(14)8-12(13-9)10-5-3-2-4-6-10;/h2-6,9,11-14H,7-8H2,1H3;1H. The van der Waals surface area contributed by atoms with Gasteiger partial charge in [0.2, 0.25) is 0 Å². The van der Waals surface area contributed by atoms with Crippen molar-refractivity contribution in [2.75, 3.05) is 0 Å². The second-order valence-corrected chi connectivity index (χ2v) is 4.16. The molecule has 1 aromatic rings. The van der Waals surface area contributed by atoms with Crippen LogP contribution in [0.15, 0.2) is 30.3 Å². The third-order valence-corrected chi connectivity index (χ3v) is 2.82. The van der Waals surface area contributed by atoms with Crippen molar-refractivity contribution in [2.45, 2.75) is 38.0 Å². The highest BCUT2D eigenvalue weighted by Gasteiger charge is 2.24.